The van der Waals surface area contributed by atoms with Crippen molar-refractivity contribution in [3.05, 3.63) is 71.2 Å². The van der Waals surface area contributed by atoms with Crippen molar-refractivity contribution in [3.8, 4) is 11.5 Å². The van der Waals surface area contributed by atoms with Gasteiger partial charge >= 0.3 is 0 Å². The number of ether oxygens (including phenoxy) is 2. The standard InChI is InChI=1S/C22H23N3O3S/c1-14-10-17(11-15(2)24-14)25-21(26)19-6-5-9-23-22(19)29-13-16-7-8-18(27-3)12-20(16)28-4/h5-12H,13H2,1-4H3,(H,24,25,26). The van der Waals surface area contributed by atoms with Gasteiger partial charge in [-0.1, -0.05) is 6.07 Å². The van der Waals surface area contributed by atoms with Crippen LogP contribution in [0, 0.1) is 13.8 Å². The Morgan fingerprint density at radius 3 is 2.52 bits per heavy atom. The molecule has 0 fully saturated rings. The Bertz CT molecular complexity index is 1000. The molecule has 7 heteroatoms. The number of pyridine rings is 2. The summed E-state index contributed by atoms with van der Waals surface area (Å²) in [5.41, 5.74) is 3.95. The molecule has 0 saturated carbocycles. The Balaban J connectivity index is 1.78. The van der Waals surface area contributed by atoms with Crippen LogP contribution in [0.4, 0.5) is 5.69 Å². The maximum absolute atomic E-state index is 12.8. The number of nitrogens with zero attached hydrogens (tertiary/aromatic N) is 2. The van der Waals surface area contributed by atoms with Gasteiger partial charge in [-0.2, -0.15) is 0 Å². The van der Waals surface area contributed by atoms with E-state index in [-0.39, 0.29) is 5.91 Å². The third-order valence-electron chi connectivity index (χ3n) is 4.21. The van der Waals surface area contributed by atoms with Gasteiger partial charge in [0.05, 0.1) is 19.8 Å². The summed E-state index contributed by atoms with van der Waals surface area (Å²) in [5, 5.41) is 3.60. The van der Waals surface area contributed by atoms with Gasteiger partial charge in [0, 0.05) is 40.7 Å². The van der Waals surface area contributed by atoms with E-state index in [1.807, 2.05) is 44.2 Å². The van der Waals surface area contributed by atoms with Crippen molar-refractivity contribution < 1.29 is 14.3 Å². The molecule has 0 unspecified atom stereocenters. The average Bonchev–Trinajstić information content (AvgIpc) is 2.71. The van der Waals surface area contributed by atoms with Gasteiger partial charge in [-0.15, -0.1) is 11.8 Å². The van der Waals surface area contributed by atoms with Crippen LogP contribution < -0.4 is 14.8 Å². The minimum atomic E-state index is -0.202. The fourth-order valence-electron chi connectivity index (χ4n) is 2.90. The van der Waals surface area contributed by atoms with Crippen molar-refractivity contribution in [1.82, 2.24) is 9.97 Å². The van der Waals surface area contributed by atoms with Crippen LogP contribution in [-0.2, 0) is 5.75 Å². The predicted molar refractivity (Wildman–Crippen MR) is 115 cm³/mol. The third-order valence-corrected chi connectivity index (χ3v) is 5.27. The van der Waals surface area contributed by atoms with Gasteiger partial charge in [-0.25, -0.2) is 4.98 Å². The number of aromatic nitrogens is 2. The van der Waals surface area contributed by atoms with E-state index in [2.05, 4.69) is 15.3 Å². The predicted octanol–water partition coefficient (Wildman–Crippen LogP) is 4.66. The van der Waals surface area contributed by atoms with E-state index in [0.29, 0.717) is 16.3 Å². The van der Waals surface area contributed by atoms with Gasteiger partial charge in [0.2, 0.25) is 0 Å². The lowest BCUT2D eigenvalue weighted by Crippen LogP contribution is -2.14. The van der Waals surface area contributed by atoms with Crippen molar-refractivity contribution in [2.75, 3.05) is 19.5 Å². The van der Waals surface area contributed by atoms with E-state index >= 15 is 0 Å². The number of rotatable bonds is 7. The number of hydrogen-bond acceptors (Lipinski definition) is 6. The Morgan fingerprint density at radius 1 is 1.07 bits per heavy atom. The molecule has 0 aliphatic heterocycles. The van der Waals surface area contributed by atoms with Gasteiger partial charge in [-0.3, -0.25) is 9.78 Å². The van der Waals surface area contributed by atoms with Crippen LogP contribution in [-0.4, -0.2) is 30.1 Å². The second-order valence-corrected chi connectivity index (χ2v) is 7.38. The quantitative estimate of drug-likeness (QED) is 0.573. The second-order valence-electron chi connectivity index (χ2n) is 6.42. The second kappa shape index (κ2) is 9.43. The molecule has 6 nitrogen and oxygen atoms in total. The molecule has 0 spiro atoms. The minimum absolute atomic E-state index is 0.202. The van der Waals surface area contributed by atoms with Crippen molar-refractivity contribution in [2.45, 2.75) is 24.6 Å². The summed E-state index contributed by atoms with van der Waals surface area (Å²) in [4.78, 5) is 21.6. The Morgan fingerprint density at radius 2 is 1.83 bits per heavy atom. The Kier molecular flexibility index (Phi) is 6.72. The molecule has 29 heavy (non-hydrogen) atoms. The van der Waals surface area contributed by atoms with Gasteiger partial charge in [0.1, 0.15) is 16.5 Å². The van der Waals surface area contributed by atoms with Crippen molar-refractivity contribution in [2.24, 2.45) is 0 Å². The first-order valence-electron chi connectivity index (χ1n) is 9.05. The van der Waals surface area contributed by atoms with Crippen LogP contribution in [0.1, 0.15) is 27.3 Å². The number of nitrogens with one attached hydrogen (secondary N) is 1. The van der Waals surface area contributed by atoms with Crippen LogP contribution in [0.3, 0.4) is 0 Å². The highest BCUT2D eigenvalue weighted by Gasteiger charge is 2.15. The number of carbonyl (C=O) groups excluding carboxylic acids is 1. The lowest BCUT2D eigenvalue weighted by molar-refractivity contribution is 0.102. The van der Waals surface area contributed by atoms with Gasteiger partial charge in [-0.05, 0) is 44.2 Å². The third kappa shape index (κ3) is 5.26. The van der Waals surface area contributed by atoms with E-state index in [9.17, 15) is 4.79 Å². The topological polar surface area (TPSA) is 73.3 Å². The zero-order valence-corrected chi connectivity index (χ0v) is 17.7. The monoisotopic (exact) mass is 409 g/mol. The summed E-state index contributed by atoms with van der Waals surface area (Å²) >= 11 is 1.48. The number of anilines is 1. The molecule has 0 radical (unpaired) electrons. The molecule has 1 N–H and O–H groups in total. The molecule has 0 aliphatic carbocycles. The molecule has 3 rings (SSSR count). The SMILES string of the molecule is COc1ccc(CSc2ncccc2C(=O)Nc2cc(C)nc(C)c2)c(OC)c1. The molecule has 0 atom stereocenters. The van der Waals surface area contributed by atoms with Gasteiger partial charge < -0.3 is 14.8 Å². The zero-order valence-electron chi connectivity index (χ0n) is 16.9. The van der Waals surface area contributed by atoms with E-state index in [1.54, 1.807) is 32.5 Å². The normalized spacial score (nSPS) is 10.5. The lowest BCUT2D eigenvalue weighted by Gasteiger charge is -2.12. The van der Waals surface area contributed by atoms with E-state index in [1.165, 1.54) is 11.8 Å². The lowest BCUT2D eigenvalue weighted by atomic mass is 10.2. The van der Waals surface area contributed by atoms with E-state index in [0.717, 1.165) is 34.1 Å². The van der Waals surface area contributed by atoms with Crippen molar-refractivity contribution in [1.29, 1.82) is 0 Å². The summed E-state index contributed by atoms with van der Waals surface area (Å²) in [6, 6.07) is 12.9. The number of hydrogen-bond donors (Lipinski definition) is 1. The summed E-state index contributed by atoms with van der Waals surface area (Å²) < 4.78 is 10.7. The Labute approximate surface area is 174 Å². The fourth-order valence-corrected chi connectivity index (χ4v) is 3.88. The summed E-state index contributed by atoms with van der Waals surface area (Å²) in [5.74, 6) is 1.88. The molecule has 0 bridgehead atoms. The molecule has 1 aromatic carbocycles. The number of thioether (sulfide) groups is 1. The minimum Gasteiger partial charge on any atom is -0.497 e. The highest BCUT2D eigenvalue weighted by atomic mass is 32.2. The zero-order chi connectivity index (χ0) is 20.8. The number of amides is 1. The molecule has 0 aliphatic rings. The van der Waals surface area contributed by atoms with Gasteiger partial charge in [0.25, 0.3) is 5.91 Å². The number of aryl methyl sites for hydroxylation is 2. The first-order chi connectivity index (χ1) is 14.0. The summed E-state index contributed by atoms with van der Waals surface area (Å²) in [7, 11) is 3.25. The molecule has 3 aromatic rings. The average molecular weight is 410 g/mol. The first kappa shape index (κ1) is 20.7. The fraction of sp³-hybridized carbons (Fsp3) is 0.227. The van der Waals surface area contributed by atoms with Crippen LogP contribution in [0.5, 0.6) is 11.5 Å². The molecule has 1 amide bonds. The molecular formula is C22H23N3O3S. The van der Waals surface area contributed by atoms with Crippen LogP contribution >= 0.6 is 11.8 Å². The van der Waals surface area contributed by atoms with Gasteiger partial charge in [0.15, 0.2) is 0 Å². The molecule has 0 saturated heterocycles. The molecule has 150 valence electrons. The Hall–Kier alpha value is -3.06. The number of methoxy groups -OCH3 is 2. The van der Waals surface area contributed by atoms with Crippen LogP contribution in [0.15, 0.2) is 53.7 Å². The number of carbonyl (C=O) groups is 1. The first-order valence-corrected chi connectivity index (χ1v) is 10.0. The van der Waals surface area contributed by atoms with Crippen LogP contribution in [0.2, 0.25) is 0 Å². The van der Waals surface area contributed by atoms with Crippen molar-refractivity contribution in [3.63, 3.8) is 0 Å². The van der Waals surface area contributed by atoms with Crippen LogP contribution in [0.25, 0.3) is 0 Å². The van der Waals surface area contributed by atoms with E-state index in [4.69, 9.17) is 9.47 Å². The maximum atomic E-state index is 12.8. The summed E-state index contributed by atoms with van der Waals surface area (Å²) in [6.07, 6.45) is 1.69. The molecule has 2 heterocycles. The molecule has 2 aromatic heterocycles. The largest absolute Gasteiger partial charge is 0.497 e. The van der Waals surface area contributed by atoms with Crippen molar-refractivity contribution >= 4 is 23.4 Å². The molecular weight excluding hydrogens is 386 g/mol. The number of benzene rings is 1. The smallest absolute Gasteiger partial charge is 0.258 e. The highest BCUT2D eigenvalue weighted by Crippen LogP contribution is 2.31. The van der Waals surface area contributed by atoms with E-state index < -0.39 is 0 Å². The summed E-state index contributed by atoms with van der Waals surface area (Å²) in [6.45, 7) is 3.80. The highest BCUT2D eigenvalue weighted by molar-refractivity contribution is 7.98. The maximum Gasteiger partial charge on any atom is 0.258 e.